The molecule has 0 spiro atoms. The summed E-state index contributed by atoms with van der Waals surface area (Å²) in [5.41, 5.74) is 4.32. The Bertz CT molecular complexity index is 1130. The minimum Gasteiger partial charge on any atom is -0.354 e. The van der Waals surface area contributed by atoms with Crippen LogP contribution in [0.3, 0.4) is 0 Å². The average Bonchev–Trinajstić information content (AvgIpc) is 2.98. The summed E-state index contributed by atoms with van der Waals surface area (Å²) in [5.74, 6) is 0.827. The van der Waals surface area contributed by atoms with Gasteiger partial charge in [0.1, 0.15) is 16.5 Å². The molecule has 1 fully saturated rings. The van der Waals surface area contributed by atoms with Crippen LogP contribution in [-0.2, 0) is 13.0 Å². The molecule has 0 radical (unpaired) electrons. The van der Waals surface area contributed by atoms with Crippen molar-refractivity contribution in [2.45, 2.75) is 38.8 Å². The third-order valence-corrected chi connectivity index (χ3v) is 7.03. The van der Waals surface area contributed by atoms with Gasteiger partial charge < -0.3 is 15.5 Å². The third kappa shape index (κ3) is 4.69. The number of aryl methyl sites for hydroxylation is 2. The van der Waals surface area contributed by atoms with E-state index in [1.54, 1.807) is 23.5 Å². The predicted octanol–water partition coefficient (Wildman–Crippen LogP) is 4.89. The van der Waals surface area contributed by atoms with E-state index in [0.717, 1.165) is 71.7 Å². The van der Waals surface area contributed by atoms with Crippen molar-refractivity contribution < 1.29 is 4.39 Å². The van der Waals surface area contributed by atoms with Gasteiger partial charge in [-0.3, -0.25) is 4.99 Å². The van der Waals surface area contributed by atoms with Crippen LogP contribution in [0.1, 0.15) is 34.7 Å². The highest BCUT2D eigenvalue weighted by atomic mass is 32.1. The van der Waals surface area contributed by atoms with Crippen LogP contribution >= 0.6 is 11.3 Å². The van der Waals surface area contributed by atoms with E-state index in [-0.39, 0.29) is 5.82 Å². The first kappa shape index (κ1) is 21.1. The van der Waals surface area contributed by atoms with Crippen molar-refractivity contribution in [3.63, 3.8) is 0 Å². The van der Waals surface area contributed by atoms with Crippen molar-refractivity contribution in [3.8, 4) is 0 Å². The molecule has 2 N–H and O–H groups in total. The van der Waals surface area contributed by atoms with Crippen molar-refractivity contribution in [2.24, 2.45) is 4.99 Å². The highest BCUT2D eigenvalue weighted by molar-refractivity contribution is 7.16. The zero-order valence-corrected chi connectivity index (χ0v) is 19.1. The number of fused-ring (bicyclic) bond motifs is 2. The Morgan fingerprint density at radius 1 is 1.16 bits per heavy atom. The molecule has 1 unspecified atom stereocenters. The quantitative estimate of drug-likeness (QED) is 0.598. The summed E-state index contributed by atoms with van der Waals surface area (Å²) < 4.78 is 13.5. The van der Waals surface area contributed by atoms with Crippen molar-refractivity contribution in [2.75, 3.05) is 25.0 Å². The molecule has 1 atom stereocenters. The van der Waals surface area contributed by atoms with Crippen LogP contribution in [-0.4, -0.2) is 41.4 Å². The summed E-state index contributed by atoms with van der Waals surface area (Å²) in [6.45, 7) is 5.41. The zero-order chi connectivity index (χ0) is 21.9. The van der Waals surface area contributed by atoms with Crippen molar-refractivity contribution >= 4 is 27.9 Å². The Balaban J connectivity index is 1.32. The Kier molecular flexibility index (Phi) is 6.19. The Hall–Kier alpha value is -2.77. The molecule has 2 aliphatic rings. The van der Waals surface area contributed by atoms with Gasteiger partial charge in [-0.1, -0.05) is 30.3 Å². The van der Waals surface area contributed by atoms with Crippen LogP contribution < -0.4 is 10.6 Å². The van der Waals surface area contributed by atoms with Crippen molar-refractivity contribution in [1.82, 2.24) is 15.2 Å². The van der Waals surface area contributed by atoms with E-state index in [4.69, 9.17) is 9.98 Å². The monoisotopic (exact) mass is 449 g/mol. The van der Waals surface area contributed by atoms with Crippen LogP contribution in [0.2, 0.25) is 0 Å². The van der Waals surface area contributed by atoms with Crippen LogP contribution in [0.15, 0.2) is 53.5 Å². The fourth-order valence-electron chi connectivity index (χ4n) is 4.47. The van der Waals surface area contributed by atoms with E-state index in [2.05, 4.69) is 39.8 Å². The number of para-hydroxylation sites is 1. The standard InChI is InChI=1S/C25H28FN5S/c1-17-29-23-24(28-16-19-6-2-3-8-22(19)30-25(23)32-17)31-13-11-21(27-12-14-31)10-9-18-5-4-7-20(26)15-18/h2-8,15,21,27,30H,9-14,16H2,1H3. The summed E-state index contributed by atoms with van der Waals surface area (Å²) in [6, 6.07) is 15.7. The molecule has 3 heterocycles. The lowest BCUT2D eigenvalue weighted by Crippen LogP contribution is -2.36. The fourth-order valence-corrected chi connectivity index (χ4v) is 5.30. The molecule has 5 rings (SSSR count). The van der Waals surface area contributed by atoms with Crippen molar-refractivity contribution in [1.29, 1.82) is 0 Å². The third-order valence-electron chi connectivity index (χ3n) is 6.14. The van der Waals surface area contributed by atoms with Gasteiger partial charge in [-0.2, -0.15) is 0 Å². The van der Waals surface area contributed by atoms with Gasteiger partial charge in [-0.15, -0.1) is 11.3 Å². The van der Waals surface area contributed by atoms with Gasteiger partial charge in [-0.05, 0) is 55.5 Å². The largest absolute Gasteiger partial charge is 0.354 e. The molecule has 0 aliphatic carbocycles. The maximum Gasteiger partial charge on any atom is 0.153 e. The van der Waals surface area contributed by atoms with E-state index in [9.17, 15) is 4.39 Å². The van der Waals surface area contributed by atoms with E-state index in [0.29, 0.717) is 12.6 Å². The maximum absolute atomic E-state index is 13.5. The van der Waals surface area contributed by atoms with Crippen LogP contribution in [0.5, 0.6) is 0 Å². The van der Waals surface area contributed by atoms with Crippen LogP contribution in [0, 0.1) is 12.7 Å². The SMILES string of the molecule is Cc1nc2c(s1)Nc1ccccc1CN=C2N1CCNC(CCc2cccc(F)c2)CC1. The first-order chi connectivity index (χ1) is 15.7. The van der Waals surface area contributed by atoms with Gasteiger partial charge in [0.25, 0.3) is 0 Å². The van der Waals surface area contributed by atoms with E-state index < -0.39 is 0 Å². The number of aliphatic imine (C=N–C) groups is 1. The van der Waals surface area contributed by atoms with Gasteiger partial charge >= 0.3 is 0 Å². The highest BCUT2D eigenvalue weighted by Gasteiger charge is 2.25. The predicted molar refractivity (Wildman–Crippen MR) is 130 cm³/mol. The summed E-state index contributed by atoms with van der Waals surface area (Å²) in [5, 5.41) is 9.39. The molecule has 0 amide bonds. The molecule has 0 bridgehead atoms. The first-order valence-corrected chi connectivity index (χ1v) is 12.1. The van der Waals surface area contributed by atoms with Gasteiger partial charge in [0, 0.05) is 31.4 Å². The Morgan fingerprint density at radius 2 is 2.06 bits per heavy atom. The number of nitrogens with zero attached hydrogens (tertiary/aromatic N) is 3. The fraction of sp³-hybridized carbons (Fsp3) is 0.360. The number of anilines is 2. The van der Waals surface area contributed by atoms with Crippen LogP contribution in [0.4, 0.5) is 15.1 Å². The minimum atomic E-state index is -0.158. The number of aromatic nitrogens is 1. The number of hydrogen-bond donors (Lipinski definition) is 2. The van der Waals surface area contributed by atoms with E-state index in [1.807, 2.05) is 13.0 Å². The molecule has 32 heavy (non-hydrogen) atoms. The number of amidine groups is 1. The molecule has 0 saturated carbocycles. The Morgan fingerprint density at radius 3 is 2.97 bits per heavy atom. The first-order valence-electron chi connectivity index (χ1n) is 11.3. The zero-order valence-electron chi connectivity index (χ0n) is 18.3. The number of thiazole rings is 1. The molecule has 2 aromatic carbocycles. The number of hydrogen-bond acceptors (Lipinski definition) is 6. The molecule has 2 aliphatic heterocycles. The lowest BCUT2D eigenvalue weighted by atomic mass is 10.0. The molecular formula is C25H28FN5S. The van der Waals surface area contributed by atoms with E-state index in [1.165, 1.54) is 11.6 Å². The van der Waals surface area contributed by atoms with Crippen LogP contribution in [0.25, 0.3) is 0 Å². The van der Waals surface area contributed by atoms with Gasteiger partial charge in [-0.25, -0.2) is 9.37 Å². The highest BCUT2D eigenvalue weighted by Crippen LogP contribution is 2.33. The summed E-state index contributed by atoms with van der Waals surface area (Å²) in [6.07, 6.45) is 2.91. The lowest BCUT2D eigenvalue weighted by Gasteiger charge is -2.25. The van der Waals surface area contributed by atoms with Gasteiger partial charge in [0.2, 0.25) is 0 Å². The van der Waals surface area contributed by atoms with Gasteiger partial charge in [0.05, 0.1) is 11.6 Å². The molecule has 5 nitrogen and oxygen atoms in total. The second kappa shape index (κ2) is 9.38. The van der Waals surface area contributed by atoms with E-state index >= 15 is 0 Å². The lowest BCUT2D eigenvalue weighted by molar-refractivity contribution is 0.432. The molecule has 1 saturated heterocycles. The second-order valence-corrected chi connectivity index (χ2v) is 9.63. The Labute approximate surface area is 192 Å². The summed E-state index contributed by atoms with van der Waals surface area (Å²) in [4.78, 5) is 12.3. The topological polar surface area (TPSA) is 52.6 Å². The number of rotatable bonds is 3. The average molecular weight is 450 g/mol. The maximum atomic E-state index is 13.5. The molecule has 166 valence electrons. The summed E-state index contributed by atoms with van der Waals surface area (Å²) in [7, 11) is 0. The normalized spacial score (nSPS) is 18.5. The minimum absolute atomic E-state index is 0.158. The summed E-state index contributed by atoms with van der Waals surface area (Å²) >= 11 is 1.68. The molecule has 7 heteroatoms. The number of benzene rings is 2. The number of nitrogens with one attached hydrogen (secondary N) is 2. The smallest absolute Gasteiger partial charge is 0.153 e. The number of halogens is 1. The molecular weight excluding hydrogens is 421 g/mol. The van der Waals surface area contributed by atoms with Crippen molar-refractivity contribution in [3.05, 3.63) is 76.2 Å². The van der Waals surface area contributed by atoms with Gasteiger partial charge in [0.15, 0.2) is 5.84 Å². The molecule has 1 aromatic heterocycles. The molecule has 3 aromatic rings. The second-order valence-electron chi connectivity index (χ2n) is 8.43.